The first-order valence-electron chi connectivity index (χ1n) is 6.43. The molecule has 102 valence electrons. The molecule has 0 saturated heterocycles. The van der Waals surface area contributed by atoms with Crippen LogP contribution in [0.1, 0.15) is 32.4 Å². The van der Waals surface area contributed by atoms with Crippen LogP contribution in [0.4, 0.5) is 0 Å². The van der Waals surface area contributed by atoms with E-state index in [1.807, 2.05) is 36.4 Å². The lowest BCUT2D eigenvalue weighted by Gasteiger charge is -2.21. The van der Waals surface area contributed by atoms with Gasteiger partial charge in [0.1, 0.15) is 12.4 Å². The first-order valence-corrected chi connectivity index (χ1v) is 6.43. The average Bonchev–Trinajstić information content (AvgIpc) is 2.34. The number of aliphatic hydroxyl groups is 2. The van der Waals surface area contributed by atoms with Gasteiger partial charge in [-0.25, -0.2) is 0 Å². The van der Waals surface area contributed by atoms with Gasteiger partial charge in [0.05, 0.1) is 11.7 Å². The highest BCUT2D eigenvalue weighted by atomic mass is 16.5. The zero-order valence-electron chi connectivity index (χ0n) is 11.6. The number of hydrogen-bond donors (Lipinski definition) is 2. The second kappa shape index (κ2) is 5.19. The maximum absolute atomic E-state index is 9.85. The summed E-state index contributed by atoms with van der Waals surface area (Å²) >= 11 is 0. The van der Waals surface area contributed by atoms with E-state index in [2.05, 4.69) is 0 Å². The zero-order chi connectivity index (χ0) is 14.0. The predicted octanol–water partition coefficient (Wildman–Crippen LogP) is 3.04. The van der Waals surface area contributed by atoms with Crippen molar-refractivity contribution in [2.24, 2.45) is 0 Å². The van der Waals surface area contributed by atoms with E-state index < -0.39 is 11.7 Å². The lowest BCUT2D eigenvalue weighted by Crippen LogP contribution is -2.28. The van der Waals surface area contributed by atoms with Gasteiger partial charge in [0.2, 0.25) is 0 Å². The Morgan fingerprint density at radius 1 is 1.16 bits per heavy atom. The van der Waals surface area contributed by atoms with Crippen LogP contribution in [0, 0.1) is 0 Å². The second-order valence-electron chi connectivity index (χ2n) is 5.48. The summed E-state index contributed by atoms with van der Waals surface area (Å²) in [5.41, 5.74) is -0.171. The largest absolute Gasteiger partial charge is 0.490 e. The zero-order valence-corrected chi connectivity index (χ0v) is 11.6. The molecule has 0 radical (unpaired) electrons. The molecule has 1 unspecified atom stereocenters. The van der Waals surface area contributed by atoms with E-state index in [0.717, 1.165) is 16.3 Å². The monoisotopic (exact) mass is 260 g/mol. The third-order valence-corrected chi connectivity index (χ3v) is 2.93. The molecule has 0 bridgehead atoms. The molecule has 0 fully saturated rings. The molecule has 3 nitrogen and oxygen atoms in total. The SMILES string of the molecule is CC(O)c1ccc2ccccc2c1OCC(C)(C)O. The van der Waals surface area contributed by atoms with Gasteiger partial charge >= 0.3 is 0 Å². The van der Waals surface area contributed by atoms with E-state index >= 15 is 0 Å². The average molecular weight is 260 g/mol. The van der Waals surface area contributed by atoms with Crippen molar-refractivity contribution in [3.05, 3.63) is 42.0 Å². The van der Waals surface area contributed by atoms with E-state index in [1.165, 1.54) is 0 Å². The molecule has 0 heterocycles. The molecule has 2 aromatic rings. The lowest BCUT2D eigenvalue weighted by atomic mass is 10.0. The minimum Gasteiger partial charge on any atom is -0.490 e. The summed E-state index contributed by atoms with van der Waals surface area (Å²) in [6.45, 7) is 5.28. The number of rotatable bonds is 4. The molecule has 0 aliphatic rings. The summed E-state index contributed by atoms with van der Waals surface area (Å²) in [6.07, 6.45) is -0.610. The summed E-state index contributed by atoms with van der Waals surface area (Å²) in [5.74, 6) is 0.648. The second-order valence-corrected chi connectivity index (χ2v) is 5.48. The third kappa shape index (κ3) is 3.25. The quantitative estimate of drug-likeness (QED) is 0.888. The van der Waals surface area contributed by atoms with Crippen LogP contribution in [0.5, 0.6) is 5.75 Å². The third-order valence-electron chi connectivity index (χ3n) is 2.93. The smallest absolute Gasteiger partial charge is 0.133 e. The molecule has 3 heteroatoms. The van der Waals surface area contributed by atoms with E-state index in [-0.39, 0.29) is 6.61 Å². The van der Waals surface area contributed by atoms with Crippen molar-refractivity contribution in [2.45, 2.75) is 32.5 Å². The number of aliphatic hydroxyl groups excluding tert-OH is 1. The number of benzene rings is 2. The van der Waals surface area contributed by atoms with Crippen LogP contribution in [0.2, 0.25) is 0 Å². The summed E-state index contributed by atoms with van der Waals surface area (Å²) in [4.78, 5) is 0. The maximum Gasteiger partial charge on any atom is 0.133 e. The Morgan fingerprint density at radius 2 is 1.84 bits per heavy atom. The van der Waals surface area contributed by atoms with Crippen LogP contribution in [-0.2, 0) is 0 Å². The van der Waals surface area contributed by atoms with E-state index in [9.17, 15) is 10.2 Å². The Kier molecular flexibility index (Phi) is 3.78. The van der Waals surface area contributed by atoms with Crippen LogP contribution >= 0.6 is 0 Å². The molecule has 2 aromatic carbocycles. The topological polar surface area (TPSA) is 49.7 Å². The summed E-state index contributed by atoms with van der Waals surface area (Å²) in [5, 5.41) is 21.6. The molecule has 2 rings (SSSR count). The number of ether oxygens (including phenoxy) is 1. The van der Waals surface area contributed by atoms with Gasteiger partial charge < -0.3 is 14.9 Å². The molecule has 0 spiro atoms. The van der Waals surface area contributed by atoms with Crippen molar-refractivity contribution in [3.8, 4) is 5.75 Å². The van der Waals surface area contributed by atoms with Crippen molar-refractivity contribution in [1.29, 1.82) is 0 Å². The van der Waals surface area contributed by atoms with Crippen molar-refractivity contribution in [3.63, 3.8) is 0 Å². The van der Waals surface area contributed by atoms with Gasteiger partial charge in [-0.15, -0.1) is 0 Å². The molecular formula is C16H20O3. The van der Waals surface area contributed by atoms with Crippen LogP contribution in [-0.4, -0.2) is 22.4 Å². The van der Waals surface area contributed by atoms with Gasteiger partial charge in [0.25, 0.3) is 0 Å². The first-order chi connectivity index (χ1) is 8.88. The normalized spacial score (nSPS) is 13.5. The molecule has 0 aliphatic heterocycles. The molecule has 0 saturated carbocycles. The molecule has 0 aromatic heterocycles. The summed E-state index contributed by atoms with van der Waals surface area (Å²) in [7, 11) is 0. The molecule has 0 aliphatic carbocycles. The highest BCUT2D eigenvalue weighted by Gasteiger charge is 2.18. The van der Waals surface area contributed by atoms with Crippen LogP contribution in [0.15, 0.2) is 36.4 Å². The van der Waals surface area contributed by atoms with Crippen molar-refractivity contribution >= 4 is 10.8 Å². The minimum absolute atomic E-state index is 0.181. The number of fused-ring (bicyclic) bond motifs is 1. The standard InChI is InChI=1S/C16H20O3/c1-11(17)13-9-8-12-6-4-5-7-14(12)15(13)19-10-16(2,3)18/h4-9,11,17-18H,10H2,1-3H3. The van der Waals surface area contributed by atoms with Gasteiger partial charge in [-0.3, -0.25) is 0 Å². The van der Waals surface area contributed by atoms with Crippen molar-refractivity contribution in [1.82, 2.24) is 0 Å². The fourth-order valence-electron chi connectivity index (χ4n) is 2.00. The Hall–Kier alpha value is -1.58. The highest BCUT2D eigenvalue weighted by Crippen LogP contribution is 2.34. The molecule has 2 N–H and O–H groups in total. The van der Waals surface area contributed by atoms with Gasteiger partial charge in [0, 0.05) is 10.9 Å². The maximum atomic E-state index is 9.85. The lowest BCUT2D eigenvalue weighted by molar-refractivity contribution is 0.0278. The Labute approximate surface area is 113 Å². The van der Waals surface area contributed by atoms with Crippen LogP contribution in [0.25, 0.3) is 10.8 Å². The Bertz CT molecular complexity index is 568. The van der Waals surface area contributed by atoms with Gasteiger partial charge in [-0.05, 0) is 26.2 Å². The Morgan fingerprint density at radius 3 is 2.47 bits per heavy atom. The first kappa shape index (κ1) is 13.8. The van der Waals surface area contributed by atoms with Crippen LogP contribution < -0.4 is 4.74 Å². The molecular weight excluding hydrogens is 240 g/mol. The molecule has 19 heavy (non-hydrogen) atoms. The van der Waals surface area contributed by atoms with Crippen molar-refractivity contribution < 1.29 is 14.9 Å². The summed E-state index contributed by atoms with van der Waals surface area (Å²) in [6, 6.07) is 11.7. The Balaban J connectivity index is 2.50. The minimum atomic E-state index is -0.910. The van der Waals surface area contributed by atoms with Crippen LogP contribution in [0.3, 0.4) is 0 Å². The van der Waals surface area contributed by atoms with E-state index in [4.69, 9.17) is 4.74 Å². The summed E-state index contributed by atoms with van der Waals surface area (Å²) < 4.78 is 5.77. The van der Waals surface area contributed by atoms with E-state index in [1.54, 1.807) is 20.8 Å². The fourth-order valence-corrected chi connectivity index (χ4v) is 2.00. The number of hydrogen-bond acceptors (Lipinski definition) is 3. The van der Waals surface area contributed by atoms with Crippen molar-refractivity contribution in [2.75, 3.05) is 6.61 Å². The fraction of sp³-hybridized carbons (Fsp3) is 0.375. The molecule has 1 atom stereocenters. The van der Waals surface area contributed by atoms with Gasteiger partial charge in [-0.1, -0.05) is 36.4 Å². The molecule has 0 amide bonds. The van der Waals surface area contributed by atoms with E-state index in [0.29, 0.717) is 5.75 Å². The van der Waals surface area contributed by atoms with Gasteiger partial charge in [0.15, 0.2) is 0 Å². The van der Waals surface area contributed by atoms with Gasteiger partial charge in [-0.2, -0.15) is 0 Å². The highest BCUT2D eigenvalue weighted by molar-refractivity contribution is 5.89. The predicted molar refractivity (Wildman–Crippen MR) is 76.4 cm³/mol.